The number of benzene rings is 2. The molecule has 0 saturated carbocycles. The van der Waals surface area contributed by atoms with Crippen molar-refractivity contribution in [1.82, 2.24) is 4.90 Å². The average Bonchev–Trinajstić information content (AvgIpc) is 3.16. The Kier molecular flexibility index (Phi) is 6.51. The van der Waals surface area contributed by atoms with Gasteiger partial charge in [-0.3, -0.25) is 4.79 Å². The summed E-state index contributed by atoms with van der Waals surface area (Å²) in [4.78, 5) is 14.9. The van der Waals surface area contributed by atoms with Crippen LogP contribution < -0.4 is 4.74 Å². The lowest BCUT2D eigenvalue weighted by molar-refractivity contribution is -0.127. The lowest BCUT2D eigenvalue weighted by atomic mass is 9.98. The van der Waals surface area contributed by atoms with E-state index in [0.717, 1.165) is 63.0 Å². The van der Waals surface area contributed by atoms with Crippen molar-refractivity contribution >= 4 is 38.4 Å². The van der Waals surface area contributed by atoms with Gasteiger partial charge < -0.3 is 14.1 Å². The van der Waals surface area contributed by atoms with E-state index in [0.29, 0.717) is 12.5 Å². The maximum atomic E-state index is 12.9. The van der Waals surface area contributed by atoms with Crippen LogP contribution in [0.3, 0.4) is 0 Å². The van der Waals surface area contributed by atoms with Gasteiger partial charge >= 0.3 is 0 Å². The molecule has 1 atom stereocenters. The van der Waals surface area contributed by atoms with E-state index in [4.69, 9.17) is 9.15 Å². The molecule has 31 heavy (non-hydrogen) atoms. The zero-order valence-electron chi connectivity index (χ0n) is 18.3. The number of rotatable bonds is 5. The summed E-state index contributed by atoms with van der Waals surface area (Å²) in [5.41, 5.74) is 4.68. The number of fused-ring (bicyclic) bond motifs is 1. The van der Waals surface area contributed by atoms with Crippen LogP contribution in [0.25, 0.3) is 27.7 Å². The van der Waals surface area contributed by atoms with E-state index < -0.39 is 0 Å². The molecule has 1 aliphatic rings. The fraction of sp³-hybridized carbons (Fsp3) is 0.346. The molecule has 4 nitrogen and oxygen atoms in total. The highest BCUT2D eigenvalue weighted by Crippen LogP contribution is 2.38. The van der Waals surface area contributed by atoms with Crippen molar-refractivity contribution in [3.63, 3.8) is 0 Å². The van der Waals surface area contributed by atoms with Gasteiger partial charge in [0, 0.05) is 46.2 Å². The summed E-state index contributed by atoms with van der Waals surface area (Å²) in [5, 5.41) is 1.00. The number of piperidine rings is 1. The van der Waals surface area contributed by atoms with Crippen LogP contribution in [0.2, 0.25) is 0 Å². The molecule has 0 N–H and O–H groups in total. The van der Waals surface area contributed by atoms with Gasteiger partial charge in [-0.05, 0) is 61.9 Å². The molecule has 2 aromatic carbocycles. The van der Waals surface area contributed by atoms with Crippen molar-refractivity contribution in [1.29, 1.82) is 0 Å². The highest BCUT2D eigenvalue weighted by atomic mass is 79.9. The fourth-order valence-electron chi connectivity index (χ4n) is 4.26. The van der Waals surface area contributed by atoms with E-state index in [1.807, 2.05) is 36.9 Å². The first kappa shape index (κ1) is 21.7. The Labute approximate surface area is 192 Å². The number of hydrogen-bond acceptors (Lipinski definition) is 3. The van der Waals surface area contributed by atoms with E-state index in [2.05, 4.69) is 41.1 Å². The molecule has 1 saturated heterocycles. The van der Waals surface area contributed by atoms with Crippen LogP contribution in [-0.2, 0) is 4.79 Å². The average molecular weight is 482 g/mol. The van der Waals surface area contributed by atoms with Gasteiger partial charge in [-0.2, -0.15) is 0 Å². The molecule has 1 fully saturated rings. The number of halogens is 1. The smallest absolute Gasteiger partial charge is 0.246 e. The molecule has 3 aromatic rings. The largest absolute Gasteiger partial charge is 0.493 e. The molecule has 1 aromatic heterocycles. The van der Waals surface area contributed by atoms with E-state index in [-0.39, 0.29) is 5.91 Å². The number of ether oxygens (including phenoxy) is 1. The number of likely N-dealkylation sites (tertiary alicyclic amines) is 1. The summed E-state index contributed by atoms with van der Waals surface area (Å²) in [7, 11) is 0. The van der Waals surface area contributed by atoms with Gasteiger partial charge in [0.25, 0.3) is 0 Å². The normalized spacial score (nSPS) is 17.2. The maximum absolute atomic E-state index is 12.9. The van der Waals surface area contributed by atoms with Crippen LogP contribution in [0.15, 0.2) is 57.6 Å². The molecular weight excluding hydrogens is 454 g/mol. The molecule has 162 valence electrons. The van der Waals surface area contributed by atoms with Crippen LogP contribution in [0.4, 0.5) is 0 Å². The number of amides is 1. The molecule has 0 bridgehead atoms. The van der Waals surface area contributed by atoms with Gasteiger partial charge in [0.05, 0.1) is 12.9 Å². The monoisotopic (exact) mass is 481 g/mol. The molecule has 2 heterocycles. The first-order valence-corrected chi connectivity index (χ1v) is 11.7. The summed E-state index contributed by atoms with van der Waals surface area (Å²) >= 11 is 3.55. The predicted molar refractivity (Wildman–Crippen MR) is 129 cm³/mol. The maximum Gasteiger partial charge on any atom is 0.246 e. The number of allylic oxidation sites excluding steroid dienone is 1. The van der Waals surface area contributed by atoms with Gasteiger partial charge in [0.15, 0.2) is 0 Å². The van der Waals surface area contributed by atoms with Crippen molar-refractivity contribution < 1.29 is 13.9 Å². The number of nitrogens with zero attached hydrogens (tertiary/aromatic N) is 1. The summed E-state index contributed by atoms with van der Waals surface area (Å²) in [6.45, 7) is 8.35. The quantitative estimate of drug-likeness (QED) is 0.371. The number of hydrogen-bond donors (Lipinski definition) is 0. The molecule has 0 aliphatic carbocycles. The zero-order chi connectivity index (χ0) is 22.0. The van der Waals surface area contributed by atoms with Crippen LogP contribution in [0, 0.1) is 5.92 Å². The van der Waals surface area contributed by atoms with E-state index >= 15 is 0 Å². The molecule has 0 radical (unpaired) electrons. The summed E-state index contributed by atoms with van der Waals surface area (Å²) in [6.07, 6.45) is 5.79. The van der Waals surface area contributed by atoms with Crippen LogP contribution >= 0.6 is 15.9 Å². The number of carbonyl (C=O) groups excluding carboxylic acids is 1. The number of carbonyl (C=O) groups is 1. The Morgan fingerprint density at radius 2 is 2.16 bits per heavy atom. The summed E-state index contributed by atoms with van der Waals surface area (Å²) < 4.78 is 12.8. The van der Waals surface area contributed by atoms with E-state index in [9.17, 15) is 4.79 Å². The second kappa shape index (κ2) is 9.31. The Balaban J connectivity index is 1.75. The van der Waals surface area contributed by atoms with E-state index in [1.165, 1.54) is 6.42 Å². The summed E-state index contributed by atoms with van der Waals surface area (Å²) in [6, 6.07) is 12.2. The van der Waals surface area contributed by atoms with Crippen LogP contribution in [0.5, 0.6) is 5.75 Å². The number of furan rings is 1. The lowest BCUT2D eigenvalue weighted by Gasteiger charge is -2.30. The Bertz CT molecular complexity index is 1130. The highest BCUT2D eigenvalue weighted by Gasteiger charge is 2.21. The van der Waals surface area contributed by atoms with Crippen molar-refractivity contribution in [2.75, 3.05) is 19.7 Å². The summed E-state index contributed by atoms with van der Waals surface area (Å²) in [5.74, 6) is 1.37. The van der Waals surface area contributed by atoms with Crippen molar-refractivity contribution in [3.05, 3.63) is 58.8 Å². The lowest BCUT2D eigenvalue weighted by Crippen LogP contribution is -2.38. The minimum Gasteiger partial charge on any atom is -0.493 e. The van der Waals surface area contributed by atoms with Crippen LogP contribution in [-0.4, -0.2) is 30.5 Å². The third-order valence-electron chi connectivity index (χ3n) is 5.84. The Hall–Kier alpha value is -2.53. The topological polar surface area (TPSA) is 42.7 Å². The molecule has 1 aliphatic heterocycles. The molecule has 1 amide bonds. The van der Waals surface area contributed by atoms with Gasteiger partial charge in [0.1, 0.15) is 11.3 Å². The second-order valence-corrected chi connectivity index (χ2v) is 9.21. The van der Waals surface area contributed by atoms with Gasteiger partial charge in [-0.1, -0.05) is 35.0 Å². The molecule has 4 rings (SSSR count). The first-order valence-electron chi connectivity index (χ1n) is 10.9. The third kappa shape index (κ3) is 4.72. The van der Waals surface area contributed by atoms with Gasteiger partial charge in [-0.25, -0.2) is 0 Å². The SMILES string of the molecule is CCOc1cc2occ(-c3cccc(Br)c3)c2cc1/C(C)=C/C(=O)N1CCCC(C)C1. The second-order valence-electron chi connectivity index (χ2n) is 8.30. The Morgan fingerprint density at radius 1 is 1.32 bits per heavy atom. The fourth-order valence-corrected chi connectivity index (χ4v) is 4.66. The van der Waals surface area contributed by atoms with Crippen molar-refractivity contribution in [3.8, 4) is 16.9 Å². The Morgan fingerprint density at radius 3 is 2.90 bits per heavy atom. The van der Waals surface area contributed by atoms with Gasteiger partial charge in [0.2, 0.25) is 5.91 Å². The minimum atomic E-state index is 0.0750. The molecular formula is C26H28BrNO3. The zero-order valence-corrected chi connectivity index (χ0v) is 19.9. The third-order valence-corrected chi connectivity index (χ3v) is 6.34. The van der Waals surface area contributed by atoms with Crippen LogP contribution in [0.1, 0.15) is 39.2 Å². The molecule has 5 heteroatoms. The minimum absolute atomic E-state index is 0.0750. The highest BCUT2D eigenvalue weighted by molar-refractivity contribution is 9.10. The predicted octanol–water partition coefficient (Wildman–Crippen LogP) is 6.92. The first-order chi connectivity index (χ1) is 15.0. The standard InChI is InChI=1S/C26H28BrNO3/c1-4-30-24-14-25-22(23(16-31-25)19-8-5-9-20(27)12-19)13-21(24)18(3)11-26(29)28-10-6-7-17(2)15-28/h5,8-9,11-14,16-17H,4,6-7,10,15H2,1-3H3/b18-11+. The molecule has 1 unspecified atom stereocenters. The molecule has 0 spiro atoms. The van der Waals surface area contributed by atoms with Crippen molar-refractivity contribution in [2.24, 2.45) is 5.92 Å². The van der Waals surface area contributed by atoms with Crippen molar-refractivity contribution in [2.45, 2.75) is 33.6 Å². The van der Waals surface area contributed by atoms with Gasteiger partial charge in [-0.15, -0.1) is 0 Å². The van der Waals surface area contributed by atoms with E-state index in [1.54, 1.807) is 12.3 Å².